The number of rotatable bonds is 6. The van der Waals surface area contributed by atoms with Gasteiger partial charge < -0.3 is 20.8 Å². The second-order valence-electron chi connectivity index (χ2n) is 5.66. The van der Waals surface area contributed by atoms with Crippen LogP contribution in [0.4, 0.5) is 10.2 Å². The number of anilines is 1. The summed E-state index contributed by atoms with van der Waals surface area (Å²) in [6, 6.07) is 2.63. The fraction of sp³-hybridized carbons (Fsp3) is 0.250. The molecule has 0 bridgehead atoms. The topological polar surface area (TPSA) is 119 Å². The number of amides is 1. The molecule has 4 N–H and O–H groups in total. The molecule has 0 saturated heterocycles. The van der Waals surface area contributed by atoms with Gasteiger partial charge in [0.05, 0.1) is 29.5 Å². The fourth-order valence-corrected chi connectivity index (χ4v) is 2.37. The van der Waals surface area contributed by atoms with E-state index in [1.165, 1.54) is 12.3 Å². The summed E-state index contributed by atoms with van der Waals surface area (Å²) in [5.41, 5.74) is 6.17. The minimum atomic E-state index is -0.504. The highest BCUT2D eigenvalue weighted by molar-refractivity contribution is 6.32. The quantitative estimate of drug-likeness (QED) is 0.605. The Morgan fingerprint density at radius 1 is 1.42 bits per heavy atom. The number of imidazole rings is 1. The molecule has 0 aliphatic carbocycles. The molecule has 0 unspecified atom stereocenters. The number of nitrogen functional groups attached to an aromatic ring is 1. The Hall–Kier alpha value is -2.94. The van der Waals surface area contributed by atoms with Crippen molar-refractivity contribution in [3.05, 3.63) is 41.2 Å². The van der Waals surface area contributed by atoms with Crippen LogP contribution in [0.15, 0.2) is 24.5 Å². The molecule has 0 aromatic carbocycles. The maximum atomic E-state index is 13.1. The first-order valence-electron chi connectivity index (χ1n) is 7.78. The van der Waals surface area contributed by atoms with E-state index in [1.54, 1.807) is 6.07 Å². The highest BCUT2D eigenvalue weighted by Gasteiger charge is 2.15. The van der Waals surface area contributed by atoms with Crippen LogP contribution in [0.3, 0.4) is 0 Å². The summed E-state index contributed by atoms with van der Waals surface area (Å²) in [5.74, 6) is -0.114. The van der Waals surface area contributed by atoms with Crippen molar-refractivity contribution in [2.24, 2.45) is 0 Å². The van der Waals surface area contributed by atoms with Crippen molar-refractivity contribution in [1.82, 2.24) is 25.3 Å². The molecule has 1 atom stereocenters. The van der Waals surface area contributed by atoms with Crippen molar-refractivity contribution >= 4 is 34.5 Å². The molecule has 1 amide bonds. The minimum absolute atomic E-state index is 0.0698. The van der Waals surface area contributed by atoms with Crippen LogP contribution < -0.4 is 15.8 Å². The maximum absolute atomic E-state index is 13.1. The van der Waals surface area contributed by atoms with Gasteiger partial charge in [0.1, 0.15) is 17.4 Å². The zero-order valence-electron chi connectivity index (χ0n) is 13.8. The van der Waals surface area contributed by atoms with Gasteiger partial charge in [0.25, 0.3) is 5.91 Å². The average Bonchev–Trinajstić information content (AvgIpc) is 3.01. The number of hydrogen-bond donors (Lipinski definition) is 3. The van der Waals surface area contributed by atoms with Crippen LogP contribution in [-0.2, 0) is 0 Å². The SMILES string of the molecule is C[C@@H](CCOc1cnc(N)c(Cl)c1)NC(=O)c1nc2ncc(F)cc2[nH]1. The van der Waals surface area contributed by atoms with Crippen molar-refractivity contribution in [3.63, 3.8) is 0 Å². The van der Waals surface area contributed by atoms with Crippen LogP contribution in [0.25, 0.3) is 11.2 Å². The molecule has 0 aliphatic heterocycles. The molecule has 3 aromatic heterocycles. The molecule has 8 nitrogen and oxygen atoms in total. The summed E-state index contributed by atoms with van der Waals surface area (Å²) in [5, 5.41) is 3.10. The van der Waals surface area contributed by atoms with Gasteiger partial charge in [0.15, 0.2) is 11.5 Å². The number of pyridine rings is 2. The number of ether oxygens (including phenoxy) is 1. The van der Waals surface area contributed by atoms with E-state index >= 15 is 0 Å². The highest BCUT2D eigenvalue weighted by Crippen LogP contribution is 2.21. The number of nitrogens with two attached hydrogens (primary N) is 1. The van der Waals surface area contributed by atoms with Gasteiger partial charge in [-0.1, -0.05) is 11.6 Å². The molecule has 3 rings (SSSR count). The summed E-state index contributed by atoms with van der Waals surface area (Å²) in [6.07, 6.45) is 3.06. The molecule has 0 radical (unpaired) electrons. The Morgan fingerprint density at radius 2 is 2.23 bits per heavy atom. The van der Waals surface area contributed by atoms with Crippen molar-refractivity contribution in [1.29, 1.82) is 0 Å². The van der Waals surface area contributed by atoms with Crippen LogP contribution >= 0.6 is 11.6 Å². The predicted molar refractivity (Wildman–Crippen MR) is 94.5 cm³/mol. The van der Waals surface area contributed by atoms with E-state index in [0.29, 0.717) is 29.3 Å². The summed E-state index contributed by atoms with van der Waals surface area (Å²) >= 11 is 5.87. The van der Waals surface area contributed by atoms with Gasteiger partial charge in [-0.05, 0) is 6.92 Å². The summed E-state index contributed by atoms with van der Waals surface area (Å²) < 4.78 is 18.7. The smallest absolute Gasteiger partial charge is 0.287 e. The third kappa shape index (κ3) is 4.17. The van der Waals surface area contributed by atoms with Gasteiger partial charge in [-0.2, -0.15) is 0 Å². The maximum Gasteiger partial charge on any atom is 0.287 e. The van der Waals surface area contributed by atoms with Gasteiger partial charge in [-0.3, -0.25) is 4.79 Å². The largest absolute Gasteiger partial charge is 0.492 e. The van der Waals surface area contributed by atoms with Gasteiger partial charge >= 0.3 is 0 Å². The lowest BCUT2D eigenvalue weighted by Crippen LogP contribution is -2.34. The van der Waals surface area contributed by atoms with E-state index in [2.05, 4.69) is 25.3 Å². The number of aromatic nitrogens is 4. The normalized spacial score (nSPS) is 12.1. The lowest BCUT2D eigenvalue weighted by atomic mass is 10.2. The minimum Gasteiger partial charge on any atom is -0.492 e. The Morgan fingerprint density at radius 3 is 3.00 bits per heavy atom. The number of fused-ring (bicyclic) bond motifs is 1. The molecule has 0 spiro atoms. The molecule has 136 valence electrons. The number of carbonyl (C=O) groups excluding carboxylic acids is 1. The number of H-pyrrole nitrogens is 1. The average molecular weight is 379 g/mol. The zero-order chi connectivity index (χ0) is 18.7. The summed E-state index contributed by atoms with van der Waals surface area (Å²) in [4.78, 5) is 26.7. The van der Waals surface area contributed by atoms with Crippen molar-refractivity contribution < 1.29 is 13.9 Å². The van der Waals surface area contributed by atoms with Gasteiger partial charge in [0.2, 0.25) is 0 Å². The number of hydrogen-bond acceptors (Lipinski definition) is 6. The van der Waals surface area contributed by atoms with Crippen LogP contribution in [0.5, 0.6) is 5.75 Å². The van der Waals surface area contributed by atoms with E-state index in [-0.39, 0.29) is 23.3 Å². The first-order chi connectivity index (χ1) is 12.4. The monoisotopic (exact) mass is 378 g/mol. The van der Waals surface area contributed by atoms with Crippen LogP contribution in [0, 0.1) is 5.82 Å². The van der Waals surface area contributed by atoms with E-state index in [1.807, 2.05) is 6.92 Å². The van der Waals surface area contributed by atoms with Crippen LogP contribution in [0.2, 0.25) is 5.02 Å². The Bertz CT molecular complexity index is 948. The molecule has 3 heterocycles. The Labute approximate surface area is 152 Å². The van der Waals surface area contributed by atoms with Crippen molar-refractivity contribution in [2.75, 3.05) is 12.3 Å². The fourth-order valence-electron chi connectivity index (χ4n) is 2.21. The van der Waals surface area contributed by atoms with E-state index in [0.717, 1.165) is 6.20 Å². The predicted octanol–water partition coefficient (Wildman–Crippen LogP) is 2.31. The number of carbonyl (C=O) groups is 1. The van der Waals surface area contributed by atoms with Crippen LogP contribution in [0.1, 0.15) is 24.0 Å². The van der Waals surface area contributed by atoms with E-state index in [9.17, 15) is 9.18 Å². The van der Waals surface area contributed by atoms with E-state index < -0.39 is 11.7 Å². The van der Waals surface area contributed by atoms with Crippen LogP contribution in [-0.4, -0.2) is 38.5 Å². The number of halogens is 2. The molecule has 0 fully saturated rings. The molecule has 10 heteroatoms. The third-order valence-corrected chi connectivity index (χ3v) is 3.86. The standard InChI is InChI=1S/C16H16ClFN6O2/c1-8(2-3-26-10-5-11(17)13(19)20-7-10)22-16(25)15-23-12-4-9(18)6-21-14(12)24-15/h4-8H,2-3H2,1H3,(H2,19,20)(H,22,25)(H,21,23,24)/t8-/m0/s1. The molecule has 3 aromatic rings. The highest BCUT2D eigenvalue weighted by atomic mass is 35.5. The Balaban J connectivity index is 1.52. The van der Waals surface area contributed by atoms with Gasteiger partial charge in [-0.25, -0.2) is 19.3 Å². The number of nitrogens with zero attached hydrogens (tertiary/aromatic N) is 3. The Kier molecular flexibility index (Phi) is 5.17. The number of aromatic amines is 1. The summed E-state index contributed by atoms with van der Waals surface area (Å²) in [7, 11) is 0. The van der Waals surface area contributed by atoms with E-state index in [4.69, 9.17) is 22.1 Å². The van der Waals surface area contributed by atoms with Crippen molar-refractivity contribution in [2.45, 2.75) is 19.4 Å². The number of nitrogens with one attached hydrogen (secondary N) is 2. The first kappa shape index (κ1) is 17.9. The lowest BCUT2D eigenvalue weighted by molar-refractivity contribution is 0.0926. The molecular formula is C16H16ClFN6O2. The molecule has 26 heavy (non-hydrogen) atoms. The van der Waals surface area contributed by atoms with Gasteiger partial charge in [0, 0.05) is 24.6 Å². The molecule has 0 aliphatic rings. The summed E-state index contributed by atoms with van der Waals surface area (Å²) in [6.45, 7) is 2.17. The van der Waals surface area contributed by atoms with Gasteiger partial charge in [-0.15, -0.1) is 0 Å². The first-order valence-corrected chi connectivity index (χ1v) is 8.16. The third-order valence-electron chi connectivity index (χ3n) is 3.56. The molecular weight excluding hydrogens is 363 g/mol. The lowest BCUT2D eigenvalue weighted by Gasteiger charge is -2.13. The second kappa shape index (κ2) is 7.52. The zero-order valence-corrected chi connectivity index (χ0v) is 14.5. The second-order valence-corrected chi connectivity index (χ2v) is 6.07. The van der Waals surface area contributed by atoms with Crippen molar-refractivity contribution in [3.8, 4) is 5.75 Å². The molecule has 0 saturated carbocycles.